The van der Waals surface area contributed by atoms with E-state index in [4.69, 9.17) is 10.00 Å². The first kappa shape index (κ1) is 24.4. The number of benzene rings is 2. The number of aliphatic imine (C=N–C) groups is 1. The molecule has 0 amide bonds. The lowest BCUT2D eigenvalue weighted by Crippen LogP contribution is -2.36. The number of hydrogen-bond donors (Lipinski definition) is 2. The Morgan fingerprint density at radius 3 is 2.41 bits per heavy atom. The highest BCUT2D eigenvalue weighted by molar-refractivity contribution is 14.0. The molecule has 0 aliphatic heterocycles. The van der Waals surface area contributed by atoms with E-state index in [0.717, 1.165) is 0 Å². The molecule has 0 heterocycles. The largest absolute Gasteiger partial charge is 0.497 e. The fraction of sp³-hybridized carbons (Fsp3) is 0.263. The lowest BCUT2D eigenvalue weighted by Gasteiger charge is -2.15. The Labute approximate surface area is 183 Å². The highest BCUT2D eigenvalue weighted by Crippen LogP contribution is 2.25. The minimum absolute atomic E-state index is 0. The Morgan fingerprint density at radius 2 is 1.83 bits per heavy atom. The maximum Gasteiger partial charge on any atom is 0.387 e. The number of methoxy groups -OCH3 is 1. The van der Waals surface area contributed by atoms with Crippen LogP contribution in [0.4, 0.5) is 13.2 Å². The van der Waals surface area contributed by atoms with Crippen LogP contribution in [0.25, 0.3) is 0 Å². The summed E-state index contributed by atoms with van der Waals surface area (Å²) < 4.78 is 48.6. The van der Waals surface area contributed by atoms with Crippen LogP contribution in [-0.4, -0.2) is 26.7 Å². The Morgan fingerprint density at radius 1 is 1.14 bits per heavy atom. The molecule has 10 heteroatoms. The number of rotatable bonds is 7. The van der Waals surface area contributed by atoms with E-state index >= 15 is 0 Å². The Bertz CT molecular complexity index is 888. The van der Waals surface area contributed by atoms with Gasteiger partial charge in [-0.05, 0) is 36.4 Å². The molecule has 156 valence electrons. The van der Waals surface area contributed by atoms with Gasteiger partial charge in [0.25, 0.3) is 0 Å². The molecule has 0 fully saturated rings. The van der Waals surface area contributed by atoms with Gasteiger partial charge in [-0.3, -0.25) is 4.99 Å². The fourth-order valence-electron chi connectivity index (χ4n) is 2.39. The van der Waals surface area contributed by atoms with E-state index in [0.29, 0.717) is 28.4 Å². The summed E-state index contributed by atoms with van der Waals surface area (Å²) in [5.74, 6) is 0.346. The molecule has 0 unspecified atom stereocenters. The third-order valence-electron chi connectivity index (χ3n) is 3.77. The van der Waals surface area contributed by atoms with Gasteiger partial charge in [-0.1, -0.05) is 0 Å². The standard InChI is InChI=1S/C19H19F3N4O2.HI/c1-24-19(25-10-13-7-12(9-23)3-5-16(13)20)26-11-14-8-15(27-2)4-6-17(14)28-18(21)22;/h3-8,18H,10-11H2,1-2H3,(H2,24,25,26);1H. The first-order valence-electron chi connectivity index (χ1n) is 8.21. The van der Waals surface area contributed by atoms with Crippen LogP contribution in [0, 0.1) is 17.1 Å². The molecular weight excluding hydrogens is 500 g/mol. The van der Waals surface area contributed by atoms with E-state index in [1.807, 2.05) is 6.07 Å². The van der Waals surface area contributed by atoms with Crippen molar-refractivity contribution in [3.63, 3.8) is 0 Å². The third-order valence-corrected chi connectivity index (χ3v) is 3.77. The summed E-state index contributed by atoms with van der Waals surface area (Å²) in [6.07, 6.45) is 0. The van der Waals surface area contributed by atoms with Gasteiger partial charge in [0.1, 0.15) is 17.3 Å². The van der Waals surface area contributed by atoms with Gasteiger partial charge < -0.3 is 20.1 Å². The second-order valence-electron chi connectivity index (χ2n) is 5.55. The summed E-state index contributed by atoms with van der Waals surface area (Å²) in [5.41, 5.74) is 1.07. The van der Waals surface area contributed by atoms with Crippen molar-refractivity contribution in [3.05, 3.63) is 58.9 Å². The number of nitrogens with zero attached hydrogens (tertiary/aromatic N) is 2. The van der Waals surface area contributed by atoms with Crippen LogP contribution in [0.2, 0.25) is 0 Å². The summed E-state index contributed by atoms with van der Waals surface area (Å²) in [6, 6.07) is 10.5. The van der Waals surface area contributed by atoms with E-state index in [-0.39, 0.29) is 42.8 Å². The van der Waals surface area contributed by atoms with Crippen LogP contribution in [0.15, 0.2) is 41.4 Å². The smallest absolute Gasteiger partial charge is 0.387 e. The number of alkyl halides is 2. The second kappa shape index (κ2) is 12.0. The predicted molar refractivity (Wildman–Crippen MR) is 113 cm³/mol. The molecular formula is C19H20F3IN4O2. The molecule has 0 aromatic heterocycles. The van der Waals surface area contributed by atoms with Gasteiger partial charge in [0.15, 0.2) is 5.96 Å². The topological polar surface area (TPSA) is 78.7 Å². The molecule has 0 aliphatic rings. The molecule has 0 spiro atoms. The predicted octanol–water partition coefficient (Wildman–Crippen LogP) is 3.79. The molecule has 0 aliphatic carbocycles. The van der Waals surface area contributed by atoms with Crippen molar-refractivity contribution in [2.24, 2.45) is 4.99 Å². The molecule has 2 N–H and O–H groups in total. The van der Waals surface area contributed by atoms with Gasteiger partial charge >= 0.3 is 6.61 Å². The summed E-state index contributed by atoms with van der Waals surface area (Å²) in [7, 11) is 2.98. The Hall–Kier alpha value is -2.68. The average Bonchev–Trinajstić information content (AvgIpc) is 2.69. The average molecular weight is 520 g/mol. The number of hydrogen-bond acceptors (Lipinski definition) is 4. The summed E-state index contributed by atoms with van der Waals surface area (Å²) in [5, 5.41) is 14.8. The molecule has 0 atom stereocenters. The maximum absolute atomic E-state index is 13.9. The van der Waals surface area contributed by atoms with Gasteiger partial charge in [0.2, 0.25) is 0 Å². The van der Waals surface area contributed by atoms with Crippen LogP contribution >= 0.6 is 24.0 Å². The number of ether oxygens (including phenoxy) is 2. The van der Waals surface area contributed by atoms with Crippen LogP contribution < -0.4 is 20.1 Å². The monoisotopic (exact) mass is 520 g/mol. The van der Waals surface area contributed by atoms with Crippen molar-refractivity contribution in [3.8, 4) is 17.6 Å². The van der Waals surface area contributed by atoms with E-state index in [1.54, 1.807) is 6.07 Å². The normalized spacial score (nSPS) is 10.7. The molecule has 6 nitrogen and oxygen atoms in total. The third kappa shape index (κ3) is 7.34. The van der Waals surface area contributed by atoms with Crippen molar-refractivity contribution in [1.29, 1.82) is 5.26 Å². The number of nitriles is 1. The zero-order chi connectivity index (χ0) is 20.5. The van der Waals surface area contributed by atoms with Gasteiger partial charge in [0.05, 0.1) is 18.7 Å². The maximum atomic E-state index is 13.9. The number of guanidine groups is 1. The quantitative estimate of drug-likeness (QED) is 0.330. The molecule has 0 bridgehead atoms. The Kier molecular flexibility index (Phi) is 10.1. The second-order valence-corrected chi connectivity index (χ2v) is 5.55. The lowest BCUT2D eigenvalue weighted by molar-refractivity contribution is -0.0504. The van der Waals surface area contributed by atoms with Crippen LogP contribution in [0.5, 0.6) is 11.5 Å². The van der Waals surface area contributed by atoms with Crippen molar-refractivity contribution in [2.75, 3.05) is 14.2 Å². The summed E-state index contributed by atoms with van der Waals surface area (Å²) >= 11 is 0. The van der Waals surface area contributed by atoms with E-state index in [9.17, 15) is 13.2 Å². The zero-order valence-electron chi connectivity index (χ0n) is 15.7. The van der Waals surface area contributed by atoms with Crippen LogP contribution in [0.1, 0.15) is 16.7 Å². The first-order valence-corrected chi connectivity index (χ1v) is 8.21. The first-order chi connectivity index (χ1) is 13.5. The van der Waals surface area contributed by atoms with Gasteiger partial charge in [-0.15, -0.1) is 24.0 Å². The lowest BCUT2D eigenvalue weighted by atomic mass is 10.1. The molecule has 0 radical (unpaired) electrons. The van der Waals surface area contributed by atoms with E-state index in [2.05, 4.69) is 20.4 Å². The minimum Gasteiger partial charge on any atom is -0.497 e. The molecule has 29 heavy (non-hydrogen) atoms. The Balaban J connectivity index is 0.00000420. The molecule has 0 saturated heterocycles. The molecule has 2 rings (SSSR count). The van der Waals surface area contributed by atoms with E-state index in [1.165, 1.54) is 44.5 Å². The van der Waals surface area contributed by atoms with Crippen LogP contribution in [0.3, 0.4) is 0 Å². The van der Waals surface area contributed by atoms with Crippen molar-refractivity contribution in [2.45, 2.75) is 19.7 Å². The van der Waals surface area contributed by atoms with Crippen molar-refractivity contribution in [1.82, 2.24) is 10.6 Å². The summed E-state index contributed by atoms with van der Waals surface area (Å²) in [6.45, 7) is -2.76. The highest BCUT2D eigenvalue weighted by atomic mass is 127. The summed E-state index contributed by atoms with van der Waals surface area (Å²) in [4.78, 5) is 4.01. The minimum atomic E-state index is -2.96. The number of nitrogens with one attached hydrogen (secondary N) is 2. The zero-order valence-corrected chi connectivity index (χ0v) is 18.0. The van der Waals surface area contributed by atoms with Crippen molar-refractivity contribution < 1.29 is 22.6 Å². The highest BCUT2D eigenvalue weighted by Gasteiger charge is 2.12. The fourth-order valence-corrected chi connectivity index (χ4v) is 2.39. The van der Waals surface area contributed by atoms with Crippen molar-refractivity contribution >= 4 is 29.9 Å². The SMILES string of the molecule is CN=C(NCc1cc(C#N)ccc1F)NCc1cc(OC)ccc1OC(F)F.I. The van der Waals surface area contributed by atoms with Gasteiger partial charge in [-0.25, -0.2) is 4.39 Å². The molecule has 2 aromatic carbocycles. The number of halogens is 4. The molecule has 2 aromatic rings. The van der Waals surface area contributed by atoms with Gasteiger partial charge in [-0.2, -0.15) is 14.0 Å². The van der Waals surface area contributed by atoms with E-state index < -0.39 is 12.4 Å². The van der Waals surface area contributed by atoms with Gasteiger partial charge in [0, 0.05) is 31.3 Å². The molecule has 0 saturated carbocycles. The van der Waals surface area contributed by atoms with Crippen LogP contribution in [-0.2, 0) is 13.1 Å².